The van der Waals surface area contributed by atoms with Crippen molar-refractivity contribution in [2.75, 3.05) is 0 Å². The highest BCUT2D eigenvalue weighted by molar-refractivity contribution is 5.46. The fourth-order valence-corrected chi connectivity index (χ4v) is 1.30. The van der Waals surface area contributed by atoms with Crippen molar-refractivity contribution < 1.29 is 0 Å². The molecule has 0 amide bonds. The zero-order valence-electron chi connectivity index (χ0n) is 6.96. The second-order valence-electron chi connectivity index (χ2n) is 3.49. The Hall–Kier alpha value is -1.04. The van der Waals surface area contributed by atoms with E-state index in [0.29, 0.717) is 0 Å². The van der Waals surface area contributed by atoms with Gasteiger partial charge in [0.2, 0.25) is 0 Å². The smallest absolute Gasteiger partial charge is 0.0284 e. The predicted octanol–water partition coefficient (Wildman–Crippen LogP) is 2.82. The SMILES string of the molecule is Cc1cccc(C2(C)C=C2)c1. The van der Waals surface area contributed by atoms with E-state index in [4.69, 9.17) is 0 Å². The summed E-state index contributed by atoms with van der Waals surface area (Å²) in [6.45, 7) is 4.37. The topological polar surface area (TPSA) is 0 Å². The Labute approximate surface area is 67.6 Å². The van der Waals surface area contributed by atoms with Crippen LogP contribution in [0.25, 0.3) is 0 Å². The summed E-state index contributed by atoms with van der Waals surface area (Å²) in [5.41, 5.74) is 3.04. The number of allylic oxidation sites excluding steroid dienone is 2. The van der Waals surface area contributed by atoms with E-state index >= 15 is 0 Å². The molecule has 0 aliphatic heterocycles. The van der Waals surface area contributed by atoms with Crippen molar-refractivity contribution in [1.82, 2.24) is 0 Å². The van der Waals surface area contributed by atoms with Gasteiger partial charge in [0, 0.05) is 5.41 Å². The van der Waals surface area contributed by atoms with Crippen molar-refractivity contribution >= 4 is 0 Å². The first kappa shape index (κ1) is 6.66. The summed E-state index contributed by atoms with van der Waals surface area (Å²) in [6.07, 6.45) is 4.48. The third-order valence-corrected chi connectivity index (χ3v) is 2.31. The van der Waals surface area contributed by atoms with Crippen LogP contribution in [0.1, 0.15) is 18.1 Å². The average molecular weight is 144 g/mol. The lowest BCUT2D eigenvalue weighted by Gasteiger charge is -2.09. The van der Waals surface area contributed by atoms with Gasteiger partial charge in [-0.2, -0.15) is 0 Å². The molecule has 0 N–H and O–H groups in total. The number of hydrogen-bond acceptors (Lipinski definition) is 0. The molecule has 56 valence electrons. The Kier molecular flexibility index (Phi) is 1.19. The molecule has 0 atom stereocenters. The van der Waals surface area contributed by atoms with Crippen LogP contribution in [0, 0.1) is 6.92 Å². The van der Waals surface area contributed by atoms with Gasteiger partial charge in [0.25, 0.3) is 0 Å². The zero-order valence-corrected chi connectivity index (χ0v) is 6.96. The largest absolute Gasteiger partial charge is 0.0733 e. The van der Waals surface area contributed by atoms with Gasteiger partial charge in [-0.1, -0.05) is 42.0 Å². The summed E-state index contributed by atoms with van der Waals surface area (Å²) >= 11 is 0. The molecule has 2 rings (SSSR count). The van der Waals surface area contributed by atoms with Crippen LogP contribution < -0.4 is 0 Å². The number of rotatable bonds is 1. The third-order valence-electron chi connectivity index (χ3n) is 2.31. The van der Waals surface area contributed by atoms with Crippen LogP contribution in [0.4, 0.5) is 0 Å². The molecule has 1 aromatic carbocycles. The Morgan fingerprint density at radius 2 is 1.91 bits per heavy atom. The molecule has 0 nitrogen and oxygen atoms in total. The number of benzene rings is 1. The molecule has 1 aliphatic rings. The minimum atomic E-state index is 0.284. The molecular formula is C11H12. The van der Waals surface area contributed by atoms with Crippen molar-refractivity contribution in [3.63, 3.8) is 0 Å². The summed E-state index contributed by atoms with van der Waals surface area (Å²) in [5.74, 6) is 0. The van der Waals surface area contributed by atoms with Crippen molar-refractivity contribution in [3.05, 3.63) is 47.5 Å². The first-order valence-corrected chi connectivity index (χ1v) is 3.98. The molecule has 0 fully saturated rings. The summed E-state index contributed by atoms with van der Waals surface area (Å²) in [5, 5.41) is 0. The third kappa shape index (κ3) is 1.09. The monoisotopic (exact) mass is 144 g/mol. The minimum Gasteiger partial charge on any atom is -0.0733 e. The Morgan fingerprint density at radius 1 is 1.18 bits per heavy atom. The highest BCUT2D eigenvalue weighted by atomic mass is 14.3. The van der Waals surface area contributed by atoms with Crippen LogP contribution in [-0.2, 0) is 5.41 Å². The fraction of sp³-hybridized carbons (Fsp3) is 0.273. The predicted molar refractivity (Wildman–Crippen MR) is 47.7 cm³/mol. The van der Waals surface area contributed by atoms with Gasteiger partial charge in [-0.15, -0.1) is 0 Å². The van der Waals surface area contributed by atoms with Crippen LogP contribution in [0.3, 0.4) is 0 Å². The molecule has 0 heteroatoms. The van der Waals surface area contributed by atoms with Gasteiger partial charge in [0.15, 0.2) is 0 Å². The first-order chi connectivity index (χ1) is 5.21. The summed E-state index contributed by atoms with van der Waals surface area (Å²) < 4.78 is 0. The van der Waals surface area contributed by atoms with Gasteiger partial charge in [0.05, 0.1) is 0 Å². The quantitative estimate of drug-likeness (QED) is 0.532. The second-order valence-corrected chi connectivity index (χ2v) is 3.49. The van der Waals surface area contributed by atoms with E-state index in [2.05, 4.69) is 50.3 Å². The highest BCUT2D eigenvalue weighted by Gasteiger charge is 2.29. The van der Waals surface area contributed by atoms with Gasteiger partial charge in [-0.25, -0.2) is 0 Å². The lowest BCUT2D eigenvalue weighted by Crippen LogP contribution is -2.01. The molecule has 0 saturated heterocycles. The molecule has 0 radical (unpaired) electrons. The second kappa shape index (κ2) is 1.97. The fourth-order valence-electron chi connectivity index (χ4n) is 1.30. The van der Waals surface area contributed by atoms with Gasteiger partial charge in [-0.3, -0.25) is 0 Å². The van der Waals surface area contributed by atoms with Crippen molar-refractivity contribution in [2.24, 2.45) is 0 Å². The van der Waals surface area contributed by atoms with E-state index < -0.39 is 0 Å². The molecule has 0 aromatic heterocycles. The lowest BCUT2D eigenvalue weighted by atomic mass is 9.95. The summed E-state index contributed by atoms with van der Waals surface area (Å²) in [4.78, 5) is 0. The maximum atomic E-state index is 2.25. The maximum absolute atomic E-state index is 2.25. The minimum absolute atomic E-state index is 0.284. The van der Waals surface area contributed by atoms with E-state index in [0.717, 1.165) is 0 Å². The van der Waals surface area contributed by atoms with Gasteiger partial charge < -0.3 is 0 Å². The normalized spacial score (nSPS) is 18.4. The molecule has 1 aromatic rings. The molecule has 11 heavy (non-hydrogen) atoms. The molecular weight excluding hydrogens is 132 g/mol. The van der Waals surface area contributed by atoms with Gasteiger partial charge in [-0.05, 0) is 19.4 Å². The van der Waals surface area contributed by atoms with E-state index in [1.807, 2.05) is 0 Å². The Bertz CT molecular complexity index is 302. The molecule has 0 saturated carbocycles. The zero-order chi connectivity index (χ0) is 7.90. The van der Waals surface area contributed by atoms with Crippen LogP contribution in [-0.4, -0.2) is 0 Å². The molecule has 0 unspecified atom stereocenters. The molecule has 0 bridgehead atoms. The van der Waals surface area contributed by atoms with Crippen LogP contribution in [0.15, 0.2) is 36.4 Å². The van der Waals surface area contributed by atoms with Crippen molar-refractivity contribution in [3.8, 4) is 0 Å². The lowest BCUT2D eigenvalue weighted by molar-refractivity contribution is 0.869. The highest BCUT2D eigenvalue weighted by Crippen LogP contribution is 2.37. The Morgan fingerprint density at radius 3 is 2.45 bits per heavy atom. The van der Waals surface area contributed by atoms with Crippen LogP contribution >= 0.6 is 0 Å². The van der Waals surface area contributed by atoms with Crippen LogP contribution in [0.2, 0.25) is 0 Å². The standard InChI is InChI=1S/C11H12/c1-9-4-3-5-10(8-9)11(2)6-7-11/h3-8H,1-2H3. The van der Waals surface area contributed by atoms with E-state index in [-0.39, 0.29) is 5.41 Å². The maximum Gasteiger partial charge on any atom is 0.0284 e. The van der Waals surface area contributed by atoms with Crippen molar-refractivity contribution in [2.45, 2.75) is 19.3 Å². The van der Waals surface area contributed by atoms with Gasteiger partial charge in [0.1, 0.15) is 0 Å². The average Bonchev–Trinajstić information content (AvgIpc) is 2.70. The first-order valence-electron chi connectivity index (χ1n) is 3.98. The summed E-state index contributed by atoms with van der Waals surface area (Å²) in [6, 6.07) is 8.69. The Balaban J connectivity index is 2.39. The van der Waals surface area contributed by atoms with Crippen LogP contribution in [0.5, 0.6) is 0 Å². The van der Waals surface area contributed by atoms with E-state index in [9.17, 15) is 0 Å². The molecule has 0 heterocycles. The molecule has 1 aliphatic carbocycles. The number of hydrogen-bond donors (Lipinski definition) is 0. The molecule has 0 spiro atoms. The van der Waals surface area contributed by atoms with E-state index in [1.165, 1.54) is 11.1 Å². The number of aryl methyl sites for hydroxylation is 1. The van der Waals surface area contributed by atoms with E-state index in [1.54, 1.807) is 0 Å². The van der Waals surface area contributed by atoms with Gasteiger partial charge >= 0.3 is 0 Å². The van der Waals surface area contributed by atoms with Crippen molar-refractivity contribution in [1.29, 1.82) is 0 Å². The summed E-state index contributed by atoms with van der Waals surface area (Å²) in [7, 11) is 0.